The molecule has 3 heterocycles. The minimum absolute atomic E-state index is 0.213. The van der Waals surface area contributed by atoms with Gasteiger partial charge < -0.3 is 4.98 Å². The molecule has 3 rings (SSSR count). The van der Waals surface area contributed by atoms with E-state index in [4.69, 9.17) is 12.2 Å². The quantitative estimate of drug-likeness (QED) is 0.648. The third kappa shape index (κ3) is 2.36. The minimum Gasteiger partial charge on any atom is -0.329 e. The van der Waals surface area contributed by atoms with Crippen molar-refractivity contribution >= 4 is 50.6 Å². The number of hydrogen-bond acceptors (Lipinski definition) is 3. The highest BCUT2D eigenvalue weighted by molar-refractivity contribution is 9.10. The summed E-state index contributed by atoms with van der Waals surface area (Å²) in [6.07, 6.45) is 1.81. The molecule has 0 bridgehead atoms. The van der Waals surface area contributed by atoms with Gasteiger partial charge in [0.15, 0.2) is 10.4 Å². The monoisotopic (exact) mass is 367 g/mol. The maximum atomic E-state index is 5.52. The SMILES string of the molecule is CC(C)C(c1cccs1)n1c(=S)[nH]c2cc(Br)cnc21. The van der Waals surface area contributed by atoms with Gasteiger partial charge in [-0.05, 0) is 51.6 Å². The van der Waals surface area contributed by atoms with Crippen molar-refractivity contribution in [2.24, 2.45) is 5.92 Å². The first kappa shape index (κ1) is 14.0. The Morgan fingerprint density at radius 2 is 2.25 bits per heavy atom. The van der Waals surface area contributed by atoms with E-state index in [-0.39, 0.29) is 6.04 Å². The van der Waals surface area contributed by atoms with E-state index < -0.39 is 0 Å². The Balaban J connectivity index is 2.26. The number of aromatic nitrogens is 3. The van der Waals surface area contributed by atoms with Crippen molar-refractivity contribution in [2.45, 2.75) is 19.9 Å². The maximum absolute atomic E-state index is 5.52. The highest BCUT2D eigenvalue weighted by Gasteiger charge is 2.22. The molecule has 1 N–H and O–H groups in total. The van der Waals surface area contributed by atoms with Crippen LogP contribution >= 0.6 is 39.5 Å². The zero-order chi connectivity index (χ0) is 14.3. The number of fused-ring (bicyclic) bond motifs is 1. The number of hydrogen-bond donors (Lipinski definition) is 1. The summed E-state index contributed by atoms with van der Waals surface area (Å²) in [6.45, 7) is 4.42. The van der Waals surface area contributed by atoms with Crippen LogP contribution in [-0.4, -0.2) is 14.5 Å². The summed E-state index contributed by atoms with van der Waals surface area (Å²) in [6, 6.07) is 6.47. The highest BCUT2D eigenvalue weighted by atomic mass is 79.9. The number of H-pyrrole nitrogens is 1. The van der Waals surface area contributed by atoms with Gasteiger partial charge in [-0.2, -0.15) is 0 Å². The predicted octanol–water partition coefficient (Wildman–Crippen LogP) is 5.16. The molecule has 104 valence electrons. The van der Waals surface area contributed by atoms with E-state index in [0.717, 1.165) is 20.4 Å². The van der Waals surface area contributed by atoms with E-state index in [1.807, 2.05) is 12.3 Å². The fourth-order valence-electron chi connectivity index (χ4n) is 2.46. The van der Waals surface area contributed by atoms with Crippen molar-refractivity contribution in [1.82, 2.24) is 14.5 Å². The molecule has 3 nitrogen and oxygen atoms in total. The van der Waals surface area contributed by atoms with Gasteiger partial charge in [0.2, 0.25) is 0 Å². The van der Waals surface area contributed by atoms with Crippen LogP contribution < -0.4 is 0 Å². The van der Waals surface area contributed by atoms with E-state index in [2.05, 4.69) is 61.8 Å². The molecule has 20 heavy (non-hydrogen) atoms. The minimum atomic E-state index is 0.213. The lowest BCUT2D eigenvalue weighted by atomic mass is 10.0. The van der Waals surface area contributed by atoms with Gasteiger partial charge in [0.25, 0.3) is 0 Å². The molecule has 3 aromatic heterocycles. The number of aromatic amines is 1. The molecule has 0 aromatic carbocycles. The Kier molecular flexibility index (Phi) is 3.79. The number of imidazole rings is 1. The van der Waals surface area contributed by atoms with E-state index in [1.54, 1.807) is 11.3 Å². The van der Waals surface area contributed by atoms with Crippen LogP contribution in [0.25, 0.3) is 11.2 Å². The Morgan fingerprint density at radius 1 is 1.45 bits per heavy atom. The summed E-state index contributed by atoms with van der Waals surface area (Å²) in [4.78, 5) is 9.10. The summed E-state index contributed by atoms with van der Waals surface area (Å²) in [5.41, 5.74) is 1.87. The van der Waals surface area contributed by atoms with Crippen molar-refractivity contribution in [1.29, 1.82) is 0 Å². The average molecular weight is 368 g/mol. The van der Waals surface area contributed by atoms with Crippen LogP contribution in [0.1, 0.15) is 24.8 Å². The molecule has 0 spiro atoms. The van der Waals surface area contributed by atoms with Gasteiger partial charge in [-0.1, -0.05) is 19.9 Å². The second kappa shape index (κ2) is 5.42. The number of nitrogens with one attached hydrogen (secondary N) is 1. The molecular formula is C14H14BrN3S2. The van der Waals surface area contributed by atoms with Crippen LogP contribution in [0.5, 0.6) is 0 Å². The molecule has 0 saturated carbocycles. The lowest BCUT2D eigenvalue weighted by molar-refractivity contribution is 0.447. The van der Waals surface area contributed by atoms with Gasteiger partial charge in [-0.15, -0.1) is 11.3 Å². The van der Waals surface area contributed by atoms with Crippen molar-refractivity contribution < 1.29 is 0 Å². The molecule has 0 aliphatic rings. The molecule has 0 amide bonds. The van der Waals surface area contributed by atoms with Crippen molar-refractivity contribution in [3.8, 4) is 0 Å². The molecule has 0 radical (unpaired) electrons. The third-order valence-corrected chi connectivity index (χ3v) is 4.94. The first-order chi connectivity index (χ1) is 9.58. The number of thiophene rings is 1. The van der Waals surface area contributed by atoms with E-state index in [9.17, 15) is 0 Å². The summed E-state index contributed by atoms with van der Waals surface area (Å²) in [7, 11) is 0. The Morgan fingerprint density at radius 3 is 2.90 bits per heavy atom. The molecule has 1 atom stereocenters. The van der Waals surface area contributed by atoms with Crippen molar-refractivity contribution in [2.75, 3.05) is 0 Å². The van der Waals surface area contributed by atoms with Crippen LogP contribution in [0.15, 0.2) is 34.2 Å². The molecule has 1 unspecified atom stereocenters. The molecule has 6 heteroatoms. The standard InChI is InChI=1S/C14H14BrN3S2/c1-8(2)12(11-4-3-5-20-11)18-13-10(17-14(18)19)6-9(15)7-16-13/h3-8,12H,1-2H3,(H,17,19). The lowest BCUT2D eigenvalue weighted by Crippen LogP contribution is -2.16. The Hall–Kier alpha value is -0.980. The molecular weight excluding hydrogens is 354 g/mol. The molecule has 0 saturated heterocycles. The molecule has 0 aliphatic carbocycles. The first-order valence-corrected chi connectivity index (χ1v) is 8.45. The van der Waals surface area contributed by atoms with Crippen LogP contribution in [0.4, 0.5) is 0 Å². The van der Waals surface area contributed by atoms with Crippen molar-refractivity contribution in [3.63, 3.8) is 0 Å². The second-order valence-corrected chi connectivity index (χ2v) is 7.31. The Bertz CT molecular complexity index is 786. The highest BCUT2D eigenvalue weighted by Crippen LogP contribution is 2.33. The Labute approximate surface area is 134 Å². The normalized spacial score (nSPS) is 13.2. The zero-order valence-electron chi connectivity index (χ0n) is 11.1. The molecule has 3 aromatic rings. The fraction of sp³-hybridized carbons (Fsp3) is 0.286. The fourth-order valence-corrected chi connectivity index (χ4v) is 4.09. The average Bonchev–Trinajstić information content (AvgIpc) is 2.98. The van der Waals surface area contributed by atoms with Gasteiger partial charge in [0, 0.05) is 15.5 Å². The largest absolute Gasteiger partial charge is 0.329 e. The van der Waals surface area contributed by atoms with E-state index in [1.165, 1.54) is 4.88 Å². The van der Waals surface area contributed by atoms with E-state index in [0.29, 0.717) is 5.92 Å². The third-order valence-electron chi connectivity index (χ3n) is 3.27. The predicted molar refractivity (Wildman–Crippen MR) is 89.9 cm³/mol. The van der Waals surface area contributed by atoms with Gasteiger partial charge >= 0.3 is 0 Å². The zero-order valence-corrected chi connectivity index (χ0v) is 14.3. The smallest absolute Gasteiger partial charge is 0.179 e. The number of rotatable bonds is 3. The van der Waals surface area contributed by atoms with Crippen LogP contribution in [-0.2, 0) is 0 Å². The van der Waals surface area contributed by atoms with Crippen LogP contribution in [0, 0.1) is 10.7 Å². The second-order valence-electron chi connectivity index (χ2n) is 5.03. The molecule has 0 aliphatic heterocycles. The number of nitrogens with zero attached hydrogens (tertiary/aromatic N) is 2. The summed E-state index contributed by atoms with van der Waals surface area (Å²) >= 11 is 10.7. The lowest BCUT2D eigenvalue weighted by Gasteiger charge is -2.21. The van der Waals surface area contributed by atoms with Gasteiger partial charge in [0.05, 0.1) is 11.6 Å². The van der Waals surface area contributed by atoms with Crippen molar-refractivity contribution in [3.05, 3.63) is 43.9 Å². The summed E-state index contributed by atoms with van der Waals surface area (Å²) in [5.74, 6) is 0.435. The van der Waals surface area contributed by atoms with Gasteiger partial charge in [-0.25, -0.2) is 4.98 Å². The van der Waals surface area contributed by atoms with Crippen LogP contribution in [0.3, 0.4) is 0 Å². The first-order valence-electron chi connectivity index (χ1n) is 6.37. The van der Waals surface area contributed by atoms with Gasteiger partial charge in [0.1, 0.15) is 0 Å². The van der Waals surface area contributed by atoms with Crippen LogP contribution in [0.2, 0.25) is 0 Å². The topological polar surface area (TPSA) is 33.6 Å². The number of pyridine rings is 1. The summed E-state index contributed by atoms with van der Waals surface area (Å²) in [5, 5.41) is 2.10. The maximum Gasteiger partial charge on any atom is 0.179 e. The number of halogens is 1. The van der Waals surface area contributed by atoms with E-state index >= 15 is 0 Å². The van der Waals surface area contributed by atoms with Gasteiger partial charge in [-0.3, -0.25) is 4.57 Å². The summed E-state index contributed by atoms with van der Waals surface area (Å²) < 4.78 is 3.80. The molecule has 0 fully saturated rings.